The van der Waals surface area contributed by atoms with E-state index in [2.05, 4.69) is 0 Å². The van der Waals surface area contributed by atoms with Crippen LogP contribution in [0.1, 0.15) is 16.5 Å². The molecular weight excluding hydrogens is 321 g/mol. The normalized spacial score (nSPS) is 17.7. The summed E-state index contributed by atoms with van der Waals surface area (Å²) in [5.41, 5.74) is 1.45. The molecule has 2 aromatic rings. The van der Waals surface area contributed by atoms with Gasteiger partial charge in [-0.1, -0.05) is 41.9 Å². The molecule has 0 radical (unpaired) electrons. The molecule has 5 heteroatoms. The van der Waals surface area contributed by atoms with Gasteiger partial charge in [-0.15, -0.1) is 11.8 Å². The number of hydrogen-bond acceptors (Lipinski definition) is 2. The van der Waals surface area contributed by atoms with Crippen molar-refractivity contribution in [3.05, 3.63) is 70.5 Å². The maximum Gasteiger partial charge on any atom is 0.228 e. The Morgan fingerprint density at radius 2 is 2.09 bits per heavy atom. The highest BCUT2D eigenvalue weighted by Crippen LogP contribution is 2.38. The van der Waals surface area contributed by atoms with E-state index in [-0.39, 0.29) is 23.5 Å². The van der Waals surface area contributed by atoms with Crippen molar-refractivity contribution in [2.24, 2.45) is 0 Å². The molecule has 0 aliphatic carbocycles. The average molecular weight is 336 g/mol. The molecule has 0 aromatic heterocycles. The standard InChI is InChI=1S/C17H15ClFNOS/c18-14-6-3-5-13(10-14)17-20(8-9-22-17)16(21)11-12-4-1-2-7-15(12)19/h1-7,10,17H,8-9,11H2. The number of amides is 1. The van der Waals surface area contributed by atoms with Crippen molar-refractivity contribution in [2.45, 2.75) is 11.8 Å². The van der Waals surface area contributed by atoms with Crippen molar-refractivity contribution in [1.82, 2.24) is 4.90 Å². The minimum Gasteiger partial charge on any atom is -0.325 e. The van der Waals surface area contributed by atoms with Gasteiger partial charge in [-0.3, -0.25) is 4.79 Å². The highest BCUT2D eigenvalue weighted by Gasteiger charge is 2.30. The number of rotatable bonds is 3. The molecular formula is C17H15ClFNOS. The molecule has 0 spiro atoms. The van der Waals surface area contributed by atoms with Crippen LogP contribution in [-0.2, 0) is 11.2 Å². The summed E-state index contributed by atoms with van der Waals surface area (Å²) in [6.45, 7) is 0.676. The smallest absolute Gasteiger partial charge is 0.228 e. The fourth-order valence-corrected chi connectivity index (χ4v) is 4.03. The van der Waals surface area contributed by atoms with Crippen LogP contribution < -0.4 is 0 Å². The molecule has 1 unspecified atom stereocenters. The van der Waals surface area contributed by atoms with Gasteiger partial charge in [-0.2, -0.15) is 0 Å². The molecule has 22 heavy (non-hydrogen) atoms. The lowest BCUT2D eigenvalue weighted by Crippen LogP contribution is -2.31. The van der Waals surface area contributed by atoms with Crippen LogP contribution in [0, 0.1) is 5.82 Å². The zero-order valence-corrected chi connectivity index (χ0v) is 13.4. The zero-order valence-electron chi connectivity index (χ0n) is 11.8. The number of carbonyl (C=O) groups is 1. The minimum atomic E-state index is -0.331. The predicted molar refractivity (Wildman–Crippen MR) is 88.5 cm³/mol. The van der Waals surface area contributed by atoms with Crippen molar-refractivity contribution >= 4 is 29.3 Å². The third kappa shape index (κ3) is 3.28. The summed E-state index contributed by atoms with van der Waals surface area (Å²) in [4.78, 5) is 14.4. The van der Waals surface area contributed by atoms with Crippen molar-refractivity contribution in [1.29, 1.82) is 0 Å². The predicted octanol–water partition coefficient (Wildman–Crippen LogP) is 4.30. The van der Waals surface area contributed by atoms with Gasteiger partial charge in [0.05, 0.1) is 6.42 Å². The summed E-state index contributed by atoms with van der Waals surface area (Å²) >= 11 is 7.75. The highest BCUT2D eigenvalue weighted by molar-refractivity contribution is 7.99. The summed E-state index contributed by atoms with van der Waals surface area (Å²) < 4.78 is 13.7. The summed E-state index contributed by atoms with van der Waals surface area (Å²) in [6.07, 6.45) is 0.0876. The Labute approximate surface area is 138 Å². The lowest BCUT2D eigenvalue weighted by atomic mass is 10.1. The van der Waals surface area contributed by atoms with E-state index >= 15 is 0 Å². The number of benzene rings is 2. The Bertz CT molecular complexity index is 694. The first-order chi connectivity index (χ1) is 10.6. The molecule has 1 amide bonds. The third-order valence-electron chi connectivity index (χ3n) is 3.64. The maximum atomic E-state index is 13.7. The molecule has 1 aliphatic rings. The van der Waals surface area contributed by atoms with Crippen LogP contribution in [-0.4, -0.2) is 23.1 Å². The lowest BCUT2D eigenvalue weighted by molar-refractivity contribution is -0.130. The maximum absolute atomic E-state index is 13.7. The first-order valence-corrected chi connectivity index (χ1v) is 8.48. The van der Waals surface area contributed by atoms with Crippen molar-refractivity contribution in [3.63, 3.8) is 0 Å². The molecule has 1 heterocycles. The van der Waals surface area contributed by atoms with Gasteiger partial charge in [0.25, 0.3) is 0 Å². The van der Waals surface area contributed by atoms with E-state index in [9.17, 15) is 9.18 Å². The molecule has 3 rings (SSSR count). The topological polar surface area (TPSA) is 20.3 Å². The fraction of sp³-hybridized carbons (Fsp3) is 0.235. The van der Waals surface area contributed by atoms with Crippen molar-refractivity contribution in [3.8, 4) is 0 Å². The molecule has 1 saturated heterocycles. The van der Waals surface area contributed by atoms with Crippen LogP contribution in [0.5, 0.6) is 0 Å². The second-order valence-corrected chi connectivity index (χ2v) is 6.76. The molecule has 1 fully saturated rings. The van der Waals surface area contributed by atoms with E-state index in [1.165, 1.54) is 6.07 Å². The third-order valence-corrected chi connectivity index (χ3v) is 5.14. The van der Waals surface area contributed by atoms with Gasteiger partial charge in [0, 0.05) is 17.3 Å². The van der Waals surface area contributed by atoms with Crippen LogP contribution in [0.25, 0.3) is 0 Å². The minimum absolute atomic E-state index is 0.0435. The average Bonchev–Trinajstić information content (AvgIpc) is 2.99. The summed E-state index contributed by atoms with van der Waals surface area (Å²) in [5, 5.41) is 0.615. The largest absolute Gasteiger partial charge is 0.325 e. The molecule has 1 aliphatic heterocycles. The first kappa shape index (κ1) is 15.4. The zero-order chi connectivity index (χ0) is 15.5. The monoisotopic (exact) mass is 335 g/mol. The van der Waals surface area contributed by atoms with Crippen LogP contribution >= 0.6 is 23.4 Å². The Morgan fingerprint density at radius 1 is 1.27 bits per heavy atom. The van der Waals surface area contributed by atoms with Gasteiger partial charge in [0.2, 0.25) is 5.91 Å². The number of hydrogen-bond donors (Lipinski definition) is 0. The number of halogens is 2. The lowest BCUT2D eigenvalue weighted by Gasteiger charge is -2.24. The van der Waals surface area contributed by atoms with Crippen LogP contribution in [0.3, 0.4) is 0 Å². The van der Waals surface area contributed by atoms with E-state index in [4.69, 9.17) is 11.6 Å². The van der Waals surface area contributed by atoms with Gasteiger partial charge in [-0.25, -0.2) is 4.39 Å². The Hall–Kier alpha value is -1.52. The summed E-state index contributed by atoms with van der Waals surface area (Å²) in [7, 11) is 0. The number of thioether (sulfide) groups is 1. The van der Waals surface area contributed by atoms with E-state index in [1.807, 2.05) is 29.2 Å². The number of carbonyl (C=O) groups excluding carboxylic acids is 1. The van der Waals surface area contributed by atoms with Crippen LogP contribution in [0.4, 0.5) is 4.39 Å². The Kier molecular flexibility index (Phi) is 4.69. The second kappa shape index (κ2) is 6.71. The van der Waals surface area contributed by atoms with E-state index in [0.717, 1.165) is 11.3 Å². The molecule has 0 N–H and O–H groups in total. The molecule has 2 nitrogen and oxygen atoms in total. The Morgan fingerprint density at radius 3 is 2.86 bits per heavy atom. The molecule has 2 aromatic carbocycles. The van der Waals surface area contributed by atoms with Crippen molar-refractivity contribution < 1.29 is 9.18 Å². The van der Waals surface area contributed by atoms with Gasteiger partial charge in [0.15, 0.2) is 0 Å². The van der Waals surface area contributed by atoms with Gasteiger partial charge in [-0.05, 0) is 29.3 Å². The van der Waals surface area contributed by atoms with E-state index in [1.54, 1.807) is 30.0 Å². The number of nitrogens with zero attached hydrogens (tertiary/aromatic N) is 1. The van der Waals surface area contributed by atoms with E-state index < -0.39 is 0 Å². The van der Waals surface area contributed by atoms with Crippen LogP contribution in [0.2, 0.25) is 5.02 Å². The van der Waals surface area contributed by atoms with Gasteiger partial charge in [0.1, 0.15) is 11.2 Å². The SMILES string of the molecule is O=C(Cc1ccccc1F)N1CCSC1c1cccc(Cl)c1. The molecule has 0 bridgehead atoms. The Balaban J connectivity index is 1.78. The van der Waals surface area contributed by atoms with Crippen LogP contribution in [0.15, 0.2) is 48.5 Å². The highest BCUT2D eigenvalue weighted by atomic mass is 35.5. The molecule has 114 valence electrons. The second-order valence-electron chi connectivity index (χ2n) is 5.13. The molecule has 0 saturated carbocycles. The van der Waals surface area contributed by atoms with Crippen molar-refractivity contribution in [2.75, 3.05) is 12.3 Å². The first-order valence-electron chi connectivity index (χ1n) is 7.05. The summed E-state index contributed by atoms with van der Waals surface area (Å²) in [6, 6.07) is 14.0. The van der Waals surface area contributed by atoms with E-state index in [0.29, 0.717) is 17.1 Å². The quantitative estimate of drug-likeness (QED) is 0.833. The van der Waals surface area contributed by atoms with Gasteiger partial charge < -0.3 is 4.90 Å². The van der Waals surface area contributed by atoms with Gasteiger partial charge >= 0.3 is 0 Å². The summed E-state index contributed by atoms with van der Waals surface area (Å²) in [5.74, 6) is 0.488. The molecule has 1 atom stereocenters. The fourth-order valence-electron chi connectivity index (χ4n) is 2.57.